The molecule has 0 bridgehead atoms. The molecule has 0 aliphatic carbocycles. The zero-order chi connectivity index (χ0) is 27.7. The second-order valence-electron chi connectivity index (χ2n) is 7.89. The number of rotatable bonds is 10. The fraction of sp³-hybridized carbons (Fsp3) is 0.750. The molecule has 0 aromatic carbocycles. The maximum absolute atomic E-state index is 12.3. The van der Waals surface area contributed by atoms with Crippen molar-refractivity contribution in [3.05, 3.63) is 33.1 Å². The van der Waals surface area contributed by atoms with Crippen LogP contribution >= 0.6 is 15.6 Å². The fourth-order valence-corrected chi connectivity index (χ4v) is 5.77. The normalized spacial score (nSPS) is 37.7. The number of phosphoric acid groups is 2. The Labute approximate surface area is 206 Å². The van der Waals surface area contributed by atoms with Crippen molar-refractivity contribution in [2.75, 3.05) is 20.3 Å². The first-order chi connectivity index (χ1) is 17.2. The third kappa shape index (κ3) is 6.99. The molecule has 0 saturated carbocycles. The van der Waals surface area contributed by atoms with Crippen molar-refractivity contribution in [2.45, 2.75) is 55.2 Å². The van der Waals surface area contributed by atoms with Crippen LogP contribution in [0.2, 0.25) is 0 Å². The highest BCUT2D eigenvalue weighted by molar-refractivity contribution is 7.61. The highest BCUT2D eigenvalue weighted by atomic mass is 31.3. The smallest absolute Gasteiger partial charge is 0.394 e. The molecule has 7 unspecified atom stereocenters. The number of aromatic amines is 1. The van der Waals surface area contributed by atoms with E-state index in [2.05, 4.69) is 13.4 Å². The van der Waals surface area contributed by atoms with Crippen LogP contribution in [0, 0.1) is 0 Å². The number of methoxy groups -OCH3 is 1. The minimum absolute atomic E-state index is 0.736. The molecule has 19 nitrogen and oxygen atoms in total. The highest BCUT2D eigenvalue weighted by Crippen LogP contribution is 2.61. The first-order valence-corrected chi connectivity index (χ1v) is 13.4. The average Bonchev–Trinajstić information content (AvgIpc) is 3.07. The van der Waals surface area contributed by atoms with Gasteiger partial charge in [0.2, 0.25) is 0 Å². The van der Waals surface area contributed by atoms with E-state index in [0.717, 1.165) is 23.9 Å². The number of aliphatic hydroxyl groups excluding tert-OH is 5. The van der Waals surface area contributed by atoms with Gasteiger partial charge in [-0.15, -0.1) is 0 Å². The predicted octanol–water partition coefficient (Wildman–Crippen LogP) is -4.14. The monoisotopic (exact) mass is 580 g/mol. The number of aliphatic hydroxyl groups is 5. The Morgan fingerprint density at radius 2 is 1.68 bits per heavy atom. The Morgan fingerprint density at radius 1 is 1.00 bits per heavy atom. The standard InChI is InChI=1S/C16H26N2O17P2/c1-30-13-10(22)6(4-19)33-15(12(13)24)34-37(28,29)35-36(26,27)31-5-7-9(21)11(23)14(32-7)18-3-2-8(20)17-16(18)25/h2-3,6-7,9-15,19,21-24H,4-5H2,1H3,(H,26,27)(H,28,29)(H,17,20,25)/t6?,7-,9-,10?,11-,12?,13?,14-,15?/m1/s1. The van der Waals surface area contributed by atoms with E-state index in [9.17, 15) is 54.0 Å². The minimum atomic E-state index is -5.55. The van der Waals surface area contributed by atoms with Crippen molar-refractivity contribution in [3.8, 4) is 0 Å². The number of nitrogens with zero attached hydrogens (tertiary/aromatic N) is 1. The molecule has 0 spiro atoms. The lowest BCUT2D eigenvalue weighted by Gasteiger charge is -2.41. The molecule has 1 aromatic heterocycles. The van der Waals surface area contributed by atoms with Gasteiger partial charge in [-0.2, -0.15) is 4.31 Å². The van der Waals surface area contributed by atoms with Crippen LogP contribution < -0.4 is 11.2 Å². The number of phosphoric ester groups is 2. The van der Waals surface area contributed by atoms with Gasteiger partial charge in [0, 0.05) is 19.4 Å². The number of hydrogen-bond donors (Lipinski definition) is 8. The molecule has 3 heterocycles. The Balaban J connectivity index is 1.62. The molecule has 1 aromatic rings. The van der Waals surface area contributed by atoms with Crippen molar-refractivity contribution < 1.29 is 72.0 Å². The summed E-state index contributed by atoms with van der Waals surface area (Å²) in [6, 6.07) is 0.938. The third-order valence-electron chi connectivity index (χ3n) is 5.40. The van der Waals surface area contributed by atoms with Gasteiger partial charge in [0.05, 0.1) is 13.2 Å². The van der Waals surface area contributed by atoms with Crippen LogP contribution in [-0.2, 0) is 36.7 Å². The molecule has 212 valence electrons. The van der Waals surface area contributed by atoms with Crippen LogP contribution in [0.5, 0.6) is 0 Å². The zero-order valence-corrected chi connectivity index (χ0v) is 20.6. The van der Waals surface area contributed by atoms with Gasteiger partial charge < -0.3 is 49.5 Å². The van der Waals surface area contributed by atoms with Gasteiger partial charge in [-0.1, -0.05) is 0 Å². The van der Waals surface area contributed by atoms with Crippen LogP contribution in [0.25, 0.3) is 0 Å². The highest BCUT2D eigenvalue weighted by Gasteiger charge is 2.50. The van der Waals surface area contributed by atoms with Crippen molar-refractivity contribution in [1.29, 1.82) is 0 Å². The van der Waals surface area contributed by atoms with Crippen LogP contribution in [0.15, 0.2) is 21.9 Å². The van der Waals surface area contributed by atoms with Crippen LogP contribution in [-0.4, -0.2) is 114 Å². The first kappa shape index (κ1) is 30.2. The quantitative estimate of drug-likeness (QED) is 0.122. The second-order valence-corrected chi connectivity index (χ2v) is 10.9. The summed E-state index contributed by atoms with van der Waals surface area (Å²) in [6.45, 7) is -1.82. The molecule has 2 aliphatic heterocycles. The number of H-pyrrole nitrogens is 1. The lowest BCUT2D eigenvalue weighted by Crippen LogP contribution is -2.59. The lowest BCUT2D eigenvalue weighted by molar-refractivity contribution is -0.284. The van der Waals surface area contributed by atoms with Crippen LogP contribution in [0.4, 0.5) is 0 Å². The molecule has 0 radical (unpaired) electrons. The number of aromatic nitrogens is 2. The Hall–Kier alpha value is -1.38. The summed E-state index contributed by atoms with van der Waals surface area (Å²) >= 11 is 0. The molecule has 21 heteroatoms. The summed E-state index contributed by atoms with van der Waals surface area (Å²) in [5.41, 5.74) is -1.73. The van der Waals surface area contributed by atoms with Gasteiger partial charge in [0.25, 0.3) is 5.56 Å². The molecule has 8 N–H and O–H groups in total. The van der Waals surface area contributed by atoms with E-state index >= 15 is 0 Å². The van der Waals surface area contributed by atoms with Crippen LogP contribution in [0.1, 0.15) is 6.23 Å². The largest absolute Gasteiger partial charge is 0.483 e. The van der Waals surface area contributed by atoms with Crippen molar-refractivity contribution in [2.24, 2.45) is 0 Å². The second kappa shape index (κ2) is 11.8. The van der Waals surface area contributed by atoms with E-state index in [1.807, 2.05) is 4.98 Å². The fourth-order valence-electron chi connectivity index (χ4n) is 3.62. The van der Waals surface area contributed by atoms with E-state index < -0.39 is 95.4 Å². The SMILES string of the molecule is COC1C(O)C(CO)OC(OP(=O)(O)OP(=O)(O)OC[C@H]2O[C@@H](n3ccc(=O)[nH]c3=O)[C@H](O)[C@@H]2O)C1O. The van der Waals surface area contributed by atoms with Gasteiger partial charge in [-0.05, 0) is 0 Å². The molecule has 2 fully saturated rings. The number of hydrogen-bond acceptors (Lipinski definition) is 15. The molecule has 37 heavy (non-hydrogen) atoms. The lowest BCUT2D eigenvalue weighted by atomic mass is 9.99. The maximum Gasteiger partial charge on any atom is 0.483 e. The van der Waals surface area contributed by atoms with E-state index in [-0.39, 0.29) is 0 Å². The van der Waals surface area contributed by atoms with E-state index in [4.69, 9.17) is 14.2 Å². The molecular formula is C16H26N2O17P2. The molecular weight excluding hydrogens is 554 g/mol. The predicted molar refractivity (Wildman–Crippen MR) is 114 cm³/mol. The van der Waals surface area contributed by atoms with Crippen LogP contribution in [0.3, 0.4) is 0 Å². The van der Waals surface area contributed by atoms with Gasteiger partial charge in [-0.25, -0.2) is 13.9 Å². The Bertz CT molecular complexity index is 1140. The minimum Gasteiger partial charge on any atom is -0.394 e. The average molecular weight is 580 g/mol. The molecule has 11 atom stereocenters. The van der Waals surface area contributed by atoms with Crippen molar-refractivity contribution >= 4 is 15.6 Å². The van der Waals surface area contributed by atoms with Gasteiger partial charge in [0.1, 0.15) is 42.7 Å². The molecule has 2 saturated heterocycles. The Kier molecular flexibility index (Phi) is 9.61. The third-order valence-corrected chi connectivity index (χ3v) is 8.00. The summed E-state index contributed by atoms with van der Waals surface area (Å²) in [6.07, 6.45) is -14.0. The van der Waals surface area contributed by atoms with Crippen molar-refractivity contribution in [1.82, 2.24) is 9.55 Å². The summed E-state index contributed by atoms with van der Waals surface area (Å²) in [4.78, 5) is 44.7. The summed E-state index contributed by atoms with van der Waals surface area (Å²) in [5, 5.41) is 49.7. The van der Waals surface area contributed by atoms with E-state index in [1.54, 1.807) is 0 Å². The first-order valence-electron chi connectivity index (χ1n) is 10.4. The van der Waals surface area contributed by atoms with E-state index in [0.29, 0.717) is 0 Å². The van der Waals surface area contributed by atoms with E-state index in [1.165, 1.54) is 0 Å². The number of ether oxygens (including phenoxy) is 3. The Morgan fingerprint density at radius 3 is 2.27 bits per heavy atom. The van der Waals surface area contributed by atoms with Gasteiger partial charge in [-0.3, -0.25) is 23.4 Å². The van der Waals surface area contributed by atoms with Gasteiger partial charge >= 0.3 is 21.3 Å². The maximum atomic E-state index is 12.3. The number of nitrogens with one attached hydrogen (secondary N) is 1. The molecule has 2 aliphatic rings. The molecule has 3 rings (SSSR count). The van der Waals surface area contributed by atoms with Gasteiger partial charge in [0.15, 0.2) is 12.5 Å². The zero-order valence-electron chi connectivity index (χ0n) is 18.8. The summed E-state index contributed by atoms with van der Waals surface area (Å²) < 4.78 is 53.6. The summed E-state index contributed by atoms with van der Waals surface area (Å²) in [5.74, 6) is 0. The topological polar surface area (TPSA) is 286 Å². The van der Waals surface area contributed by atoms with Crippen molar-refractivity contribution in [3.63, 3.8) is 0 Å². The summed E-state index contributed by atoms with van der Waals surface area (Å²) in [7, 11) is -9.93. The molecule has 0 amide bonds.